The van der Waals surface area contributed by atoms with Gasteiger partial charge < -0.3 is 35.6 Å². The van der Waals surface area contributed by atoms with Crippen molar-refractivity contribution in [1.82, 2.24) is 31.2 Å². The maximum absolute atomic E-state index is 14.3. The zero-order valence-corrected chi connectivity index (χ0v) is 31.0. The summed E-state index contributed by atoms with van der Waals surface area (Å²) in [5.74, 6) is -0.908. The van der Waals surface area contributed by atoms with Crippen molar-refractivity contribution in [3.05, 3.63) is 58.6 Å². The fraction of sp³-hybridized carbons (Fsp3) is 0.553. The van der Waals surface area contributed by atoms with Crippen molar-refractivity contribution in [3.8, 4) is 5.75 Å². The first-order valence-electron chi connectivity index (χ1n) is 18.1. The van der Waals surface area contributed by atoms with Crippen molar-refractivity contribution in [2.24, 2.45) is 5.92 Å². The van der Waals surface area contributed by atoms with Crippen molar-refractivity contribution in [3.63, 3.8) is 0 Å². The lowest BCUT2D eigenvalue weighted by Crippen LogP contribution is -2.59. The molecule has 0 unspecified atom stereocenters. The van der Waals surface area contributed by atoms with E-state index in [9.17, 15) is 19.2 Å². The van der Waals surface area contributed by atoms with Crippen LogP contribution in [0.25, 0.3) is 10.2 Å². The van der Waals surface area contributed by atoms with Gasteiger partial charge in [0.25, 0.3) is 0 Å². The van der Waals surface area contributed by atoms with E-state index in [1.54, 1.807) is 6.92 Å². The maximum Gasteiger partial charge on any atom is 0.243 e. The molecule has 2 aliphatic heterocycles. The van der Waals surface area contributed by atoms with Gasteiger partial charge >= 0.3 is 0 Å². The zero-order chi connectivity index (χ0) is 36.3. The largest absolute Gasteiger partial charge is 0.493 e. The quantitative estimate of drug-likeness (QED) is 0.163. The highest BCUT2D eigenvalue weighted by atomic mass is 32.1. The lowest BCUT2D eigenvalue weighted by atomic mass is 9.90. The summed E-state index contributed by atoms with van der Waals surface area (Å²) in [6.45, 7) is 6.00. The summed E-state index contributed by atoms with van der Waals surface area (Å²) in [5, 5.41) is 12.8. The van der Waals surface area contributed by atoms with Gasteiger partial charge in [0.2, 0.25) is 23.6 Å². The van der Waals surface area contributed by atoms with Crippen molar-refractivity contribution < 1.29 is 28.7 Å². The number of unbranched alkanes of at least 4 members (excludes halogenated alkanes) is 1. The van der Waals surface area contributed by atoms with E-state index in [0.29, 0.717) is 50.5 Å². The number of amides is 4. The van der Waals surface area contributed by atoms with Gasteiger partial charge in [0, 0.05) is 38.0 Å². The number of nitrogens with one attached hydrogen (secondary N) is 4. The van der Waals surface area contributed by atoms with Crippen LogP contribution in [0.3, 0.4) is 0 Å². The standard InChI is InChI=1S/C38H52N6O6S/c1-5-33(45)39-30(23-34-40-28-14-13-24(2)22-32(28)51-34)37(47)43-35(25-15-19-49-20-16-25)38(48)42-29(11-8-9-18-44(3)4)36(46)41-27-17-21-50-31-12-7-6-10-26(27)31/h6-7,10,12-14,22,25,27,29-30,35H,5,8-9,11,15-21,23H2,1-4H3,(H,39,45)(H,41,46)(H,42,48)(H,43,47)/t27-,29+,30+,35+/m1/s1. The summed E-state index contributed by atoms with van der Waals surface area (Å²) in [5.41, 5.74) is 2.85. The molecule has 2 aromatic carbocycles. The third-order valence-electron chi connectivity index (χ3n) is 9.51. The minimum absolute atomic E-state index is 0.182. The average molecular weight is 721 g/mol. The average Bonchev–Trinajstić information content (AvgIpc) is 3.53. The Labute approximate surface area is 304 Å². The van der Waals surface area contributed by atoms with Crippen molar-refractivity contribution in [2.45, 2.75) is 89.4 Å². The number of ether oxygens (including phenoxy) is 2. The molecule has 1 fully saturated rings. The Morgan fingerprint density at radius 3 is 2.47 bits per heavy atom. The third-order valence-corrected chi connectivity index (χ3v) is 10.6. The Hall–Kier alpha value is -4.07. The number of rotatable bonds is 16. The molecule has 4 atom stereocenters. The predicted molar refractivity (Wildman–Crippen MR) is 198 cm³/mol. The second-order valence-electron chi connectivity index (χ2n) is 13.8. The lowest BCUT2D eigenvalue weighted by molar-refractivity contribution is -0.135. The third kappa shape index (κ3) is 10.7. The molecule has 3 heterocycles. The molecule has 276 valence electrons. The van der Waals surface area contributed by atoms with Crippen LogP contribution < -0.4 is 26.0 Å². The van der Waals surface area contributed by atoms with E-state index in [4.69, 9.17) is 14.5 Å². The predicted octanol–water partition coefficient (Wildman–Crippen LogP) is 3.81. The molecule has 1 saturated heterocycles. The normalized spacial score (nSPS) is 17.9. The number of nitrogens with zero attached hydrogens (tertiary/aromatic N) is 2. The Balaban J connectivity index is 1.34. The molecule has 13 heteroatoms. The van der Waals surface area contributed by atoms with Gasteiger partial charge in [-0.15, -0.1) is 11.3 Å². The molecule has 0 radical (unpaired) electrons. The summed E-state index contributed by atoms with van der Waals surface area (Å²) in [6.07, 6.45) is 4.16. The van der Waals surface area contributed by atoms with Crippen LogP contribution in [-0.2, 0) is 30.3 Å². The van der Waals surface area contributed by atoms with E-state index >= 15 is 0 Å². The van der Waals surface area contributed by atoms with E-state index in [2.05, 4.69) is 32.2 Å². The van der Waals surface area contributed by atoms with Crippen LogP contribution in [0.15, 0.2) is 42.5 Å². The van der Waals surface area contributed by atoms with E-state index in [0.717, 1.165) is 46.5 Å². The molecule has 0 bridgehead atoms. The number of benzene rings is 2. The van der Waals surface area contributed by atoms with Gasteiger partial charge in [0.15, 0.2) is 0 Å². The first-order valence-corrected chi connectivity index (χ1v) is 18.9. The summed E-state index contributed by atoms with van der Waals surface area (Å²) in [7, 11) is 4.01. The molecular formula is C38H52N6O6S. The number of thiazole rings is 1. The highest BCUT2D eigenvalue weighted by Crippen LogP contribution is 2.32. The fourth-order valence-corrected chi connectivity index (χ4v) is 7.73. The molecule has 2 aliphatic rings. The van der Waals surface area contributed by atoms with Crippen molar-refractivity contribution in [2.75, 3.05) is 40.5 Å². The van der Waals surface area contributed by atoms with Crippen LogP contribution in [0.2, 0.25) is 0 Å². The van der Waals surface area contributed by atoms with Crippen LogP contribution in [-0.4, -0.2) is 92.1 Å². The van der Waals surface area contributed by atoms with Crippen LogP contribution in [0.5, 0.6) is 5.75 Å². The van der Waals surface area contributed by atoms with Crippen LogP contribution >= 0.6 is 11.3 Å². The van der Waals surface area contributed by atoms with Crippen LogP contribution in [0.4, 0.5) is 0 Å². The molecule has 4 amide bonds. The molecule has 1 aromatic heterocycles. The first-order chi connectivity index (χ1) is 24.6. The van der Waals surface area contributed by atoms with E-state index < -0.39 is 29.9 Å². The minimum atomic E-state index is -0.937. The second-order valence-corrected chi connectivity index (χ2v) is 14.9. The molecule has 3 aromatic rings. The van der Waals surface area contributed by atoms with Gasteiger partial charge in [-0.3, -0.25) is 19.2 Å². The number of carbonyl (C=O) groups excluding carboxylic acids is 4. The number of carbonyl (C=O) groups is 4. The highest BCUT2D eigenvalue weighted by Gasteiger charge is 2.36. The fourth-order valence-electron chi connectivity index (χ4n) is 6.62. The van der Waals surface area contributed by atoms with Crippen molar-refractivity contribution >= 4 is 45.2 Å². The maximum atomic E-state index is 14.3. The molecule has 4 N–H and O–H groups in total. The Morgan fingerprint density at radius 2 is 1.71 bits per heavy atom. The van der Waals surface area contributed by atoms with Gasteiger partial charge in [0.05, 0.1) is 27.9 Å². The molecular weight excluding hydrogens is 669 g/mol. The van der Waals surface area contributed by atoms with E-state index in [1.807, 2.05) is 57.4 Å². The molecule has 0 spiro atoms. The summed E-state index contributed by atoms with van der Waals surface area (Å²) < 4.78 is 12.4. The van der Waals surface area contributed by atoms with Gasteiger partial charge in [0.1, 0.15) is 23.9 Å². The molecule has 0 aliphatic carbocycles. The second kappa shape index (κ2) is 18.4. The number of fused-ring (bicyclic) bond motifs is 2. The Kier molecular flexibility index (Phi) is 13.8. The SMILES string of the molecule is CCC(=O)N[C@@H](Cc1nc2ccc(C)cc2s1)C(=O)N[C@H](C(=O)N[C@@H](CCCCN(C)C)C(=O)N[C@@H]1CCOc2ccccc21)C1CCOCC1. The molecule has 12 nitrogen and oxygen atoms in total. The number of aryl methyl sites for hydroxylation is 1. The number of hydrogen-bond donors (Lipinski definition) is 4. The van der Waals surface area contributed by atoms with Gasteiger partial charge in [-0.2, -0.15) is 0 Å². The molecule has 51 heavy (non-hydrogen) atoms. The van der Waals surface area contributed by atoms with Crippen LogP contribution in [0, 0.1) is 12.8 Å². The molecule has 0 saturated carbocycles. The topological polar surface area (TPSA) is 151 Å². The number of hydrogen-bond acceptors (Lipinski definition) is 9. The van der Waals surface area contributed by atoms with Gasteiger partial charge in [-0.1, -0.05) is 31.2 Å². The minimum Gasteiger partial charge on any atom is -0.493 e. The summed E-state index contributed by atoms with van der Waals surface area (Å²) in [4.78, 5) is 61.7. The summed E-state index contributed by atoms with van der Waals surface area (Å²) in [6, 6.07) is 10.7. The monoisotopic (exact) mass is 720 g/mol. The van der Waals surface area contributed by atoms with E-state index in [1.165, 1.54) is 11.3 Å². The lowest BCUT2D eigenvalue weighted by Gasteiger charge is -2.33. The molecule has 5 rings (SSSR count). The van der Waals surface area contributed by atoms with E-state index in [-0.39, 0.29) is 36.6 Å². The number of aromatic nitrogens is 1. The zero-order valence-electron chi connectivity index (χ0n) is 30.2. The van der Waals surface area contributed by atoms with Gasteiger partial charge in [-0.05, 0) is 89.3 Å². The van der Waals surface area contributed by atoms with Crippen LogP contribution in [0.1, 0.15) is 74.0 Å². The number of para-hydroxylation sites is 1. The smallest absolute Gasteiger partial charge is 0.243 e. The summed E-state index contributed by atoms with van der Waals surface area (Å²) >= 11 is 1.48. The highest BCUT2D eigenvalue weighted by molar-refractivity contribution is 7.18. The Morgan fingerprint density at radius 1 is 0.922 bits per heavy atom. The van der Waals surface area contributed by atoms with Crippen molar-refractivity contribution in [1.29, 1.82) is 0 Å². The van der Waals surface area contributed by atoms with Gasteiger partial charge in [-0.25, -0.2) is 4.98 Å². The first kappa shape index (κ1) is 38.2. The Bertz CT molecular complexity index is 1660.